The molecule has 0 spiro atoms. The Hall–Kier alpha value is -4.22. The average molecular weight is 1270 g/mol. The zero-order valence-electron chi connectivity index (χ0n) is 60.5. The van der Waals surface area contributed by atoms with E-state index < -0.39 is 6.10 Å². The number of aliphatic hydroxyl groups excluding tert-OH is 1. The topological polar surface area (TPSA) is 72.8 Å². The van der Waals surface area contributed by atoms with Crippen LogP contribution in [0.5, 0.6) is 0 Å². The van der Waals surface area contributed by atoms with Gasteiger partial charge >= 0.3 is 11.9 Å². The molecule has 0 rings (SSSR count). The fourth-order valence-corrected chi connectivity index (χ4v) is 11.3. The first-order chi connectivity index (χ1) is 45.6. The Bertz CT molecular complexity index is 1880. The number of unbranched alkanes of at least 4 members (excludes halogenated alkanes) is 40. The van der Waals surface area contributed by atoms with Crippen molar-refractivity contribution in [2.24, 2.45) is 0 Å². The summed E-state index contributed by atoms with van der Waals surface area (Å²) in [5.41, 5.74) is 0. The second-order valence-corrected chi connectivity index (χ2v) is 26.0. The molecular weight excluding hydrogens is 1120 g/mol. The van der Waals surface area contributed by atoms with E-state index in [1.165, 1.54) is 231 Å². The maximum Gasteiger partial charge on any atom is 0.306 e. The Balaban J connectivity index is 3.44. The number of carbonyl (C=O) groups excluding carboxylic acids is 2. The van der Waals surface area contributed by atoms with Crippen molar-refractivity contribution < 1.29 is 24.2 Å². The van der Waals surface area contributed by atoms with Gasteiger partial charge < -0.3 is 14.6 Å². The smallest absolute Gasteiger partial charge is 0.306 e. The van der Waals surface area contributed by atoms with Gasteiger partial charge in [-0.1, -0.05) is 391 Å². The largest absolute Gasteiger partial charge is 0.462 e. The lowest BCUT2D eigenvalue weighted by Gasteiger charge is -2.15. The minimum absolute atomic E-state index is 0.0666. The molecule has 0 amide bonds. The molecule has 0 radical (unpaired) electrons. The Morgan fingerprint density at radius 1 is 0.250 bits per heavy atom. The number of carbonyl (C=O) groups is 2. The second kappa shape index (κ2) is 81.0. The summed E-state index contributed by atoms with van der Waals surface area (Å²) in [6.45, 7) is 3.94. The van der Waals surface area contributed by atoms with Gasteiger partial charge in [-0.3, -0.25) is 9.59 Å². The first-order valence-electron chi connectivity index (χ1n) is 39.4. The third-order valence-corrected chi connectivity index (χ3v) is 17.1. The van der Waals surface area contributed by atoms with E-state index in [4.69, 9.17) is 9.47 Å². The van der Waals surface area contributed by atoms with Gasteiger partial charge in [-0.2, -0.15) is 0 Å². The third-order valence-electron chi connectivity index (χ3n) is 17.1. The number of esters is 2. The summed E-state index contributed by atoms with van der Waals surface area (Å²) in [6.07, 6.45) is 122. The van der Waals surface area contributed by atoms with Crippen molar-refractivity contribution >= 4 is 11.9 Å². The SMILES string of the molecule is CC/C=C\C/C=C\C/C=C\C/C=C\C/C=C\C/C=C\C/C=C\CCCCCCCCCCCCCCCCCC(=O)OC(CO)COC(=O)CCCCCCCCCCCCCCCCCCCCCCCCCCC/C=C\C/C=C\C/C=C\C/C=C\C/C=C\CC. The predicted molar refractivity (Wildman–Crippen MR) is 408 cm³/mol. The highest BCUT2D eigenvalue weighted by Crippen LogP contribution is 2.19. The third kappa shape index (κ3) is 78.2. The van der Waals surface area contributed by atoms with E-state index in [-0.39, 0.29) is 25.2 Å². The predicted octanol–water partition coefficient (Wildman–Crippen LogP) is 28.0. The van der Waals surface area contributed by atoms with Gasteiger partial charge in [0, 0.05) is 12.8 Å². The quantitative estimate of drug-likeness (QED) is 0.0373. The molecule has 92 heavy (non-hydrogen) atoms. The number of rotatable bonds is 72. The van der Waals surface area contributed by atoms with Crippen LogP contribution in [-0.2, 0) is 19.1 Å². The van der Waals surface area contributed by atoms with Gasteiger partial charge in [-0.25, -0.2) is 0 Å². The molecule has 0 heterocycles. The number of hydrogen-bond donors (Lipinski definition) is 1. The van der Waals surface area contributed by atoms with E-state index in [1.54, 1.807) is 0 Å². The maximum absolute atomic E-state index is 12.4. The molecule has 526 valence electrons. The van der Waals surface area contributed by atoms with E-state index in [0.717, 1.165) is 116 Å². The Morgan fingerprint density at radius 2 is 0.435 bits per heavy atom. The molecule has 0 saturated carbocycles. The Morgan fingerprint density at radius 3 is 0.652 bits per heavy atom. The van der Waals surface area contributed by atoms with Gasteiger partial charge in [0.15, 0.2) is 6.10 Å². The first-order valence-corrected chi connectivity index (χ1v) is 39.4. The van der Waals surface area contributed by atoms with Crippen molar-refractivity contribution in [2.75, 3.05) is 13.2 Å². The van der Waals surface area contributed by atoms with Crippen molar-refractivity contribution in [1.29, 1.82) is 0 Å². The van der Waals surface area contributed by atoms with Crippen molar-refractivity contribution in [1.82, 2.24) is 0 Å². The number of hydrogen-bond acceptors (Lipinski definition) is 5. The minimum Gasteiger partial charge on any atom is -0.462 e. The van der Waals surface area contributed by atoms with Crippen LogP contribution in [0.1, 0.15) is 373 Å². The van der Waals surface area contributed by atoms with Crippen molar-refractivity contribution in [3.8, 4) is 0 Å². The Labute approximate surface area is 571 Å². The molecular formula is C87H148O5. The van der Waals surface area contributed by atoms with Crippen LogP contribution in [0.4, 0.5) is 0 Å². The molecule has 5 nitrogen and oxygen atoms in total. The fraction of sp³-hybridized carbons (Fsp3) is 0.701. The number of aliphatic hydroxyl groups is 1. The summed E-state index contributed by atoms with van der Waals surface area (Å²) in [5.74, 6) is -0.578. The lowest BCUT2D eigenvalue weighted by Crippen LogP contribution is -2.28. The van der Waals surface area contributed by atoms with Crippen molar-refractivity contribution in [3.63, 3.8) is 0 Å². The Kier molecular flexibility index (Phi) is 77.3. The number of ether oxygens (including phenoxy) is 2. The standard InChI is InChI=1S/C87H148O5/c1-3-5-7-9-11-13-15-17-19-21-23-25-27-29-31-33-35-37-39-41-42-43-44-46-47-49-51-53-55-57-59-61-63-65-67-69-71-73-75-77-79-81-86(89)91-84-85(83-88)92-87(90)82-80-78-76-74-72-70-68-66-64-62-60-58-56-54-52-50-48-45-40-38-36-34-32-30-28-26-24-22-20-18-16-14-12-10-8-6-4-2/h5-8,11-14,17-20,23-26,29-32,36,38,45,48,85,88H,3-4,9-10,15-16,21-22,27-28,33-35,37,39-44,46-47,49-84H2,1-2H3/b7-5-,8-6-,13-11-,14-12-,19-17-,20-18-,25-23-,26-24-,31-29-,32-30-,38-36-,48-45-. The van der Waals surface area contributed by atoms with Crippen LogP contribution in [0, 0.1) is 0 Å². The van der Waals surface area contributed by atoms with Crippen LogP contribution in [0.15, 0.2) is 146 Å². The highest BCUT2D eigenvalue weighted by molar-refractivity contribution is 5.70. The molecule has 0 aromatic rings. The van der Waals surface area contributed by atoms with Crippen LogP contribution in [-0.4, -0.2) is 36.4 Å². The fourth-order valence-electron chi connectivity index (χ4n) is 11.3. The average Bonchev–Trinajstić information content (AvgIpc) is 3.70. The van der Waals surface area contributed by atoms with Crippen LogP contribution in [0.2, 0.25) is 0 Å². The van der Waals surface area contributed by atoms with Crippen LogP contribution in [0.25, 0.3) is 0 Å². The van der Waals surface area contributed by atoms with E-state index in [2.05, 4.69) is 160 Å². The molecule has 1 unspecified atom stereocenters. The highest BCUT2D eigenvalue weighted by Gasteiger charge is 2.16. The van der Waals surface area contributed by atoms with Crippen LogP contribution in [0.3, 0.4) is 0 Å². The molecule has 0 aliphatic carbocycles. The van der Waals surface area contributed by atoms with Gasteiger partial charge in [-0.05, 0) is 116 Å². The van der Waals surface area contributed by atoms with Gasteiger partial charge in [0.25, 0.3) is 0 Å². The van der Waals surface area contributed by atoms with Gasteiger partial charge in [0.05, 0.1) is 6.61 Å². The lowest BCUT2D eigenvalue weighted by atomic mass is 10.0. The lowest BCUT2D eigenvalue weighted by molar-refractivity contribution is -0.161. The zero-order valence-corrected chi connectivity index (χ0v) is 60.5. The monoisotopic (exact) mass is 1270 g/mol. The van der Waals surface area contributed by atoms with Gasteiger partial charge in [0.1, 0.15) is 6.61 Å². The summed E-state index contributed by atoms with van der Waals surface area (Å²) in [6, 6.07) is 0. The normalized spacial score (nSPS) is 13.0. The van der Waals surface area contributed by atoms with Crippen LogP contribution < -0.4 is 0 Å². The molecule has 1 atom stereocenters. The van der Waals surface area contributed by atoms with E-state index in [9.17, 15) is 14.7 Å². The van der Waals surface area contributed by atoms with E-state index in [1.807, 2.05) is 0 Å². The summed E-state index contributed by atoms with van der Waals surface area (Å²) in [5, 5.41) is 9.73. The first kappa shape index (κ1) is 87.8. The summed E-state index contributed by atoms with van der Waals surface area (Å²) < 4.78 is 10.8. The molecule has 0 fully saturated rings. The summed E-state index contributed by atoms with van der Waals surface area (Å²) >= 11 is 0. The van der Waals surface area contributed by atoms with Crippen LogP contribution >= 0.6 is 0 Å². The van der Waals surface area contributed by atoms with Gasteiger partial charge in [-0.15, -0.1) is 0 Å². The molecule has 0 aliphatic heterocycles. The summed E-state index contributed by atoms with van der Waals surface area (Å²) in [7, 11) is 0. The number of allylic oxidation sites excluding steroid dienone is 24. The molecule has 0 saturated heterocycles. The van der Waals surface area contributed by atoms with Crippen molar-refractivity contribution in [2.45, 2.75) is 380 Å². The molecule has 0 bridgehead atoms. The zero-order chi connectivity index (χ0) is 66.1. The van der Waals surface area contributed by atoms with Gasteiger partial charge in [0.2, 0.25) is 0 Å². The van der Waals surface area contributed by atoms with Crippen molar-refractivity contribution in [3.05, 3.63) is 146 Å². The molecule has 0 aromatic heterocycles. The minimum atomic E-state index is -0.779. The maximum atomic E-state index is 12.4. The molecule has 5 heteroatoms. The molecule has 0 aromatic carbocycles. The van der Waals surface area contributed by atoms with E-state index in [0.29, 0.717) is 12.8 Å². The molecule has 0 aliphatic rings. The van der Waals surface area contributed by atoms with E-state index >= 15 is 0 Å². The summed E-state index contributed by atoms with van der Waals surface area (Å²) in [4.78, 5) is 24.7. The second-order valence-electron chi connectivity index (χ2n) is 26.0. The highest BCUT2D eigenvalue weighted by atomic mass is 16.6. The molecule has 1 N–H and O–H groups in total.